The van der Waals surface area contributed by atoms with Crippen molar-refractivity contribution < 1.29 is 68.0 Å². The highest BCUT2D eigenvalue weighted by Gasteiger charge is 2.65. The number of rotatable bonds is 33. The number of imidazole rings is 1. The van der Waals surface area contributed by atoms with Gasteiger partial charge in [0.25, 0.3) is 0 Å². The van der Waals surface area contributed by atoms with Crippen molar-refractivity contribution in [3.63, 3.8) is 0 Å². The number of allylic oxidation sites excluding steroid dienone is 4. The molecule has 10 amide bonds. The minimum Gasteiger partial charge on any atom is -0.394 e. The molecule has 8 atom stereocenters. The quantitative estimate of drug-likeness (QED) is 0.0350. The molecule has 7 unspecified atom stereocenters. The van der Waals surface area contributed by atoms with Gasteiger partial charge in [-0.25, -0.2) is 9.78 Å². The molecule has 0 radical (unpaired) electrons. The highest BCUT2D eigenvalue weighted by molar-refractivity contribution is 6.11. The Bertz CT molecular complexity index is 2640. The SMILES string of the molecule is CC1=C(CCCNC(=O)C(CC(C)C)NC(=O)C(CCC(N)=O)NC(=O)C(CC(C)C)NC(=O)C(CCCCN)NC(=O)C(CO)NC(=O)C(CO)NC(=O)C(Cc2cnc[nH]2)NC(=O)N2CCOCC2)C2=C(C)C3(CC3)[C@@](C)(O)C(=O)C2=C1. The van der Waals surface area contributed by atoms with Gasteiger partial charge in [-0.1, -0.05) is 33.3 Å². The average Bonchev–Trinajstić information content (AvgIpc) is 1.74. The highest BCUT2D eigenvalue weighted by Crippen LogP contribution is 2.65. The van der Waals surface area contributed by atoms with E-state index in [0.717, 1.165) is 35.1 Å². The Morgan fingerprint density at radius 2 is 1.23 bits per heavy atom. The van der Waals surface area contributed by atoms with Crippen molar-refractivity contribution >= 4 is 59.1 Å². The third-order valence-electron chi connectivity index (χ3n) is 15.9. The Kier molecular flexibility index (Phi) is 25.1. The number of aliphatic hydroxyl groups is 3. The van der Waals surface area contributed by atoms with Crippen molar-refractivity contribution in [2.75, 3.05) is 52.6 Å². The second-order valence-corrected chi connectivity index (χ2v) is 23.3. The topological polar surface area (TPSA) is 421 Å². The first-order valence-electron chi connectivity index (χ1n) is 29.1. The minimum atomic E-state index is -1.73. The normalized spacial score (nSPS) is 19.7. The van der Waals surface area contributed by atoms with E-state index in [1.54, 1.807) is 20.8 Å². The molecule has 0 aromatic carbocycles. The molecule has 1 saturated heterocycles. The van der Waals surface area contributed by atoms with Gasteiger partial charge in [0, 0.05) is 55.4 Å². The lowest BCUT2D eigenvalue weighted by molar-refractivity contribution is -0.137. The number of nitrogens with zero attached hydrogens (tertiary/aromatic N) is 2. The lowest BCUT2D eigenvalue weighted by Gasteiger charge is -2.39. The first-order valence-corrected chi connectivity index (χ1v) is 29.1. The second-order valence-electron chi connectivity index (χ2n) is 23.3. The van der Waals surface area contributed by atoms with E-state index in [9.17, 15) is 63.3 Å². The Labute approximate surface area is 489 Å². The van der Waals surface area contributed by atoms with Crippen LogP contribution in [-0.2, 0) is 54.3 Å². The summed E-state index contributed by atoms with van der Waals surface area (Å²) >= 11 is 0. The molecular formula is C57H89N13O14. The summed E-state index contributed by atoms with van der Waals surface area (Å²) in [5.74, 6) is -7.36. The van der Waals surface area contributed by atoms with Crippen LogP contribution < -0.4 is 54.0 Å². The number of carbonyl (C=O) groups excluding carboxylic acids is 10. The molecule has 1 aromatic rings. The van der Waals surface area contributed by atoms with E-state index in [-0.39, 0.29) is 82.3 Å². The molecule has 1 aromatic heterocycles. The van der Waals surface area contributed by atoms with Crippen LogP contribution in [-0.4, -0.2) is 190 Å². The number of unbranched alkanes of at least 4 members (excludes halogenated alkanes) is 1. The molecule has 4 aliphatic rings. The van der Waals surface area contributed by atoms with Gasteiger partial charge in [-0.05, 0) is 126 Å². The van der Waals surface area contributed by atoms with Gasteiger partial charge in [0.2, 0.25) is 47.3 Å². The molecule has 84 heavy (non-hydrogen) atoms. The third kappa shape index (κ3) is 18.0. The van der Waals surface area contributed by atoms with Crippen molar-refractivity contribution in [1.82, 2.24) is 57.4 Å². The van der Waals surface area contributed by atoms with Crippen molar-refractivity contribution in [2.45, 2.75) is 173 Å². The van der Waals surface area contributed by atoms with E-state index < -0.39 is 120 Å². The number of aromatic nitrogens is 2. The van der Waals surface area contributed by atoms with E-state index in [0.29, 0.717) is 50.2 Å². The van der Waals surface area contributed by atoms with Gasteiger partial charge in [-0.2, -0.15) is 0 Å². The molecular weight excluding hydrogens is 1090 g/mol. The molecule has 2 fully saturated rings. The number of primary amides is 1. The van der Waals surface area contributed by atoms with Crippen LogP contribution in [0.25, 0.3) is 0 Å². The maximum atomic E-state index is 14.3. The van der Waals surface area contributed by atoms with E-state index in [4.69, 9.17) is 16.2 Å². The maximum absolute atomic E-state index is 14.3. The van der Waals surface area contributed by atoms with Crippen LogP contribution in [0.2, 0.25) is 0 Å². The van der Waals surface area contributed by atoms with Crippen molar-refractivity contribution in [1.29, 1.82) is 0 Å². The highest BCUT2D eigenvalue weighted by atomic mass is 16.5. The number of urea groups is 1. The summed E-state index contributed by atoms with van der Waals surface area (Å²) in [4.78, 5) is 144. The molecule has 27 nitrogen and oxygen atoms in total. The molecule has 1 spiro atoms. The number of H-pyrrole nitrogens is 1. The molecule has 2 heterocycles. The predicted octanol–water partition coefficient (Wildman–Crippen LogP) is -1.67. The number of nitrogens with one attached hydrogen (secondary N) is 9. The van der Waals surface area contributed by atoms with Crippen LogP contribution in [0.5, 0.6) is 0 Å². The number of Topliss-reactive ketones (excluding diaryl/α,β-unsaturated/α-hetero) is 1. The van der Waals surface area contributed by atoms with Gasteiger partial charge in [0.1, 0.15) is 47.9 Å². The summed E-state index contributed by atoms with van der Waals surface area (Å²) in [6, 6.07) is -10.5. The number of fused-ring (bicyclic) bond motifs is 1. The predicted molar refractivity (Wildman–Crippen MR) is 306 cm³/mol. The molecule has 1 aliphatic heterocycles. The molecule has 1 saturated carbocycles. The Morgan fingerprint density at radius 1 is 0.714 bits per heavy atom. The molecule has 3 aliphatic carbocycles. The number of ether oxygens (including phenoxy) is 1. The zero-order valence-corrected chi connectivity index (χ0v) is 49.5. The fourth-order valence-electron chi connectivity index (χ4n) is 10.9. The lowest BCUT2D eigenvalue weighted by atomic mass is 9.67. The van der Waals surface area contributed by atoms with Gasteiger partial charge < -0.3 is 83.9 Å². The summed E-state index contributed by atoms with van der Waals surface area (Å²) < 4.78 is 5.30. The second kappa shape index (κ2) is 31.2. The molecule has 5 rings (SSSR count). The van der Waals surface area contributed by atoms with Crippen LogP contribution >= 0.6 is 0 Å². The third-order valence-corrected chi connectivity index (χ3v) is 15.9. The number of hydrogen-bond acceptors (Lipinski definition) is 16. The van der Waals surface area contributed by atoms with E-state index in [2.05, 4.69) is 52.5 Å². The van der Waals surface area contributed by atoms with Gasteiger partial charge >= 0.3 is 6.03 Å². The van der Waals surface area contributed by atoms with Crippen LogP contribution in [0, 0.1) is 17.3 Å². The van der Waals surface area contributed by atoms with Crippen molar-refractivity contribution in [3.8, 4) is 0 Å². The van der Waals surface area contributed by atoms with Gasteiger partial charge in [0.05, 0.1) is 32.8 Å². The smallest absolute Gasteiger partial charge is 0.318 e. The number of amides is 10. The number of ketones is 1. The summed E-state index contributed by atoms with van der Waals surface area (Å²) in [6.45, 7) is 12.4. The van der Waals surface area contributed by atoms with Crippen molar-refractivity contribution in [3.05, 3.63) is 52.2 Å². The average molecular weight is 1180 g/mol. The maximum Gasteiger partial charge on any atom is 0.318 e. The Morgan fingerprint density at radius 3 is 1.74 bits per heavy atom. The number of hydrogen-bond donors (Lipinski definition) is 14. The van der Waals surface area contributed by atoms with Gasteiger partial charge in [-0.15, -0.1) is 0 Å². The standard InChI is InChI=1S/C57H89N13O14/c1-31(2)23-40(48(75)61-18-10-11-36-33(5)25-37-46(36)34(6)57(15-16-57)56(7,83)47(37)74)65-50(77)39(13-14-45(59)73)64-51(78)41(24-32(3)4)66-49(76)38(12-8-9-17-58)63-53(80)43(28-71)68-54(81)44(29-72)67-52(79)42(26-35-27-60-30-62-35)69-55(82)70-19-21-84-22-20-70/h25,27,30-32,38-44,71-72,83H,8-24,26,28-29,58H2,1-7H3,(H2,59,73)(H,60,62)(H,61,75)(H,63,80)(H,64,78)(H,65,77)(H,66,76)(H,67,79)(H,68,81)(H,69,82)/t38?,39?,40?,41?,42?,43?,44?,56-/m0/s1. The van der Waals surface area contributed by atoms with Gasteiger partial charge in [-0.3, -0.25) is 43.2 Å². The molecule has 16 N–H and O–H groups in total. The van der Waals surface area contributed by atoms with E-state index in [1.165, 1.54) is 17.4 Å². The Hall–Kier alpha value is -7.07. The first kappa shape index (κ1) is 67.7. The minimum absolute atomic E-state index is 0.0233. The number of aromatic amines is 1. The molecule has 27 heteroatoms. The first-order chi connectivity index (χ1) is 39.8. The number of aliphatic hydroxyl groups excluding tert-OH is 2. The molecule has 466 valence electrons. The van der Waals surface area contributed by atoms with Crippen LogP contribution in [0.4, 0.5) is 4.79 Å². The zero-order chi connectivity index (χ0) is 62.1. The lowest BCUT2D eigenvalue weighted by Crippen LogP contribution is -2.61. The molecule has 0 bridgehead atoms. The summed E-state index contributed by atoms with van der Waals surface area (Å²) in [7, 11) is 0. The fraction of sp³-hybridized carbons (Fsp3) is 0.667. The van der Waals surface area contributed by atoms with E-state index in [1.807, 2.05) is 33.8 Å². The summed E-state index contributed by atoms with van der Waals surface area (Å²) in [5.41, 5.74) is 13.9. The van der Waals surface area contributed by atoms with Crippen LogP contribution in [0.15, 0.2) is 46.5 Å². The fourth-order valence-corrected chi connectivity index (χ4v) is 10.9. The van der Waals surface area contributed by atoms with Crippen LogP contribution in [0.3, 0.4) is 0 Å². The summed E-state index contributed by atoms with van der Waals surface area (Å²) in [5, 5.41) is 52.7. The van der Waals surface area contributed by atoms with Crippen LogP contribution in [0.1, 0.15) is 125 Å². The summed E-state index contributed by atoms with van der Waals surface area (Å²) in [6.07, 6.45) is 7.34. The largest absolute Gasteiger partial charge is 0.394 e. The zero-order valence-electron chi connectivity index (χ0n) is 49.5. The van der Waals surface area contributed by atoms with Crippen molar-refractivity contribution in [2.24, 2.45) is 28.7 Å². The monoisotopic (exact) mass is 1180 g/mol. The Balaban J connectivity index is 1.22. The van der Waals surface area contributed by atoms with Gasteiger partial charge in [0.15, 0.2) is 5.78 Å². The van der Waals surface area contributed by atoms with E-state index >= 15 is 0 Å². The number of carbonyl (C=O) groups is 10. The number of morpholine rings is 1. The number of nitrogens with two attached hydrogens (primary N) is 2.